The van der Waals surface area contributed by atoms with Gasteiger partial charge in [-0.25, -0.2) is 9.37 Å². The van der Waals surface area contributed by atoms with Crippen molar-refractivity contribution in [2.75, 3.05) is 7.11 Å². The molecule has 6 heteroatoms. The van der Waals surface area contributed by atoms with Gasteiger partial charge in [-0.3, -0.25) is 4.79 Å². The van der Waals surface area contributed by atoms with Gasteiger partial charge in [0.15, 0.2) is 5.01 Å². The second-order valence-electron chi connectivity index (χ2n) is 3.22. The number of methoxy groups -OCH3 is 1. The van der Waals surface area contributed by atoms with Crippen LogP contribution in [-0.2, 0) is 0 Å². The van der Waals surface area contributed by atoms with E-state index >= 15 is 0 Å². The number of amides is 1. The second-order valence-corrected chi connectivity index (χ2v) is 4.08. The van der Waals surface area contributed by atoms with Crippen LogP contribution in [0.4, 0.5) is 4.39 Å². The average molecular weight is 252 g/mol. The Morgan fingerprint density at radius 1 is 1.53 bits per heavy atom. The molecule has 1 amide bonds. The summed E-state index contributed by atoms with van der Waals surface area (Å²) in [5.74, 6) is -0.714. The minimum atomic E-state index is -0.628. The Labute approximate surface area is 101 Å². The van der Waals surface area contributed by atoms with Gasteiger partial charge in [0.25, 0.3) is 5.91 Å². The molecule has 2 aromatic rings. The van der Waals surface area contributed by atoms with Crippen LogP contribution in [-0.4, -0.2) is 18.0 Å². The number of nitrogens with zero attached hydrogens (tertiary/aromatic N) is 1. The fourth-order valence-electron chi connectivity index (χ4n) is 1.42. The molecule has 88 valence electrons. The Morgan fingerprint density at radius 3 is 2.88 bits per heavy atom. The van der Waals surface area contributed by atoms with E-state index in [4.69, 9.17) is 10.5 Å². The molecule has 0 spiro atoms. The van der Waals surface area contributed by atoms with Gasteiger partial charge < -0.3 is 10.5 Å². The number of benzene rings is 1. The molecule has 2 N–H and O–H groups in total. The maximum Gasteiger partial charge on any atom is 0.277 e. The summed E-state index contributed by atoms with van der Waals surface area (Å²) in [6, 6.07) is 4.47. The molecule has 0 atom stereocenters. The smallest absolute Gasteiger partial charge is 0.277 e. The van der Waals surface area contributed by atoms with E-state index in [1.165, 1.54) is 13.2 Å². The van der Waals surface area contributed by atoms with Gasteiger partial charge in [-0.1, -0.05) is 6.07 Å². The summed E-state index contributed by atoms with van der Waals surface area (Å²) in [6.07, 6.45) is 0. The molecule has 0 saturated carbocycles. The number of hydrogen-bond acceptors (Lipinski definition) is 4. The van der Waals surface area contributed by atoms with Crippen LogP contribution < -0.4 is 10.5 Å². The first kappa shape index (κ1) is 11.5. The van der Waals surface area contributed by atoms with Crippen molar-refractivity contribution < 1.29 is 13.9 Å². The Balaban J connectivity index is 2.55. The van der Waals surface area contributed by atoms with Gasteiger partial charge in [-0.15, -0.1) is 11.3 Å². The van der Waals surface area contributed by atoms with Crippen molar-refractivity contribution in [1.82, 2.24) is 4.98 Å². The molecule has 0 aliphatic rings. The maximum absolute atomic E-state index is 13.7. The fourth-order valence-corrected chi connectivity index (χ4v) is 2.09. The van der Waals surface area contributed by atoms with Gasteiger partial charge in [-0.2, -0.15) is 0 Å². The van der Waals surface area contributed by atoms with E-state index in [1.54, 1.807) is 17.5 Å². The number of rotatable bonds is 3. The molecule has 2 rings (SSSR count). The number of carbonyl (C=O) groups is 1. The van der Waals surface area contributed by atoms with Gasteiger partial charge in [0.2, 0.25) is 0 Å². The third-order valence-electron chi connectivity index (χ3n) is 2.17. The Hall–Kier alpha value is -1.95. The Bertz CT molecular complexity index is 568. The zero-order valence-corrected chi connectivity index (χ0v) is 9.75. The van der Waals surface area contributed by atoms with E-state index in [2.05, 4.69) is 4.98 Å². The molecule has 17 heavy (non-hydrogen) atoms. The van der Waals surface area contributed by atoms with Crippen molar-refractivity contribution in [3.63, 3.8) is 0 Å². The minimum absolute atomic E-state index is 0.144. The number of thiazole rings is 1. The van der Waals surface area contributed by atoms with E-state index in [-0.39, 0.29) is 10.6 Å². The molecular weight excluding hydrogens is 243 g/mol. The first-order valence-electron chi connectivity index (χ1n) is 4.71. The van der Waals surface area contributed by atoms with Crippen LogP contribution in [0.5, 0.6) is 5.75 Å². The summed E-state index contributed by atoms with van der Waals surface area (Å²) in [4.78, 5) is 14.9. The molecular formula is C11H9FN2O2S. The Morgan fingerprint density at radius 2 is 2.29 bits per heavy atom. The van der Waals surface area contributed by atoms with Gasteiger partial charge in [0.1, 0.15) is 11.6 Å². The lowest BCUT2D eigenvalue weighted by atomic mass is 10.1. The van der Waals surface area contributed by atoms with E-state index in [0.717, 1.165) is 11.3 Å². The zero-order valence-electron chi connectivity index (χ0n) is 8.94. The van der Waals surface area contributed by atoms with Crippen LogP contribution in [0, 0.1) is 5.82 Å². The van der Waals surface area contributed by atoms with Crippen LogP contribution in [0.1, 0.15) is 9.80 Å². The first-order valence-corrected chi connectivity index (χ1v) is 5.59. The topological polar surface area (TPSA) is 65.2 Å². The molecule has 1 heterocycles. The van der Waals surface area contributed by atoms with E-state index in [0.29, 0.717) is 11.4 Å². The van der Waals surface area contributed by atoms with E-state index in [9.17, 15) is 9.18 Å². The molecule has 0 bridgehead atoms. The molecule has 0 saturated heterocycles. The van der Waals surface area contributed by atoms with Gasteiger partial charge in [-0.05, 0) is 12.1 Å². The molecule has 0 unspecified atom stereocenters. The van der Waals surface area contributed by atoms with Crippen LogP contribution in [0.25, 0.3) is 11.3 Å². The quantitative estimate of drug-likeness (QED) is 0.909. The SMILES string of the molecule is COc1cccc(F)c1-c1csc(C(N)=O)n1. The molecule has 4 nitrogen and oxygen atoms in total. The normalized spacial score (nSPS) is 10.2. The van der Waals surface area contributed by atoms with E-state index < -0.39 is 11.7 Å². The highest BCUT2D eigenvalue weighted by Gasteiger charge is 2.16. The summed E-state index contributed by atoms with van der Waals surface area (Å²) in [5, 5.41) is 1.71. The Kier molecular flexibility index (Phi) is 3.06. The van der Waals surface area contributed by atoms with Crippen LogP contribution >= 0.6 is 11.3 Å². The predicted molar refractivity (Wildman–Crippen MR) is 62.6 cm³/mol. The van der Waals surface area contributed by atoms with Crippen LogP contribution in [0.15, 0.2) is 23.6 Å². The summed E-state index contributed by atoms with van der Waals surface area (Å²) >= 11 is 1.07. The molecule has 0 radical (unpaired) electrons. The third-order valence-corrected chi connectivity index (χ3v) is 3.02. The molecule has 0 aliphatic heterocycles. The second kappa shape index (κ2) is 4.50. The average Bonchev–Trinajstić information content (AvgIpc) is 2.77. The lowest BCUT2D eigenvalue weighted by Crippen LogP contribution is -2.10. The number of hydrogen-bond donors (Lipinski definition) is 1. The number of halogens is 1. The highest BCUT2D eigenvalue weighted by Crippen LogP contribution is 2.32. The van der Waals surface area contributed by atoms with E-state index in [1.807, 2.05) is 0 Å². The van der Waals surface area contributed by atoms with Crippen LogP contribution in [0.3, 0.4) is 0 Å². The monoisotopic (exact) mass is 252 g/mol. The fraction of sp³-hybridized carbons (Fsp3) is 0.0909. The van der Waals surface area contributed by atoms with Gasteiger partial charge in [0.05, 0.1) is 18.4 Å². The standard InChI is InChI=1S/C11H9FN2O2S/c1-16-8-4-2-3-6(12)9(8)7-5-17-11(14-7)10(13)15/h2-5H,1H3,(H2,13,15). The number of aromatic nitrogens is 1. The van der Waals surface area contributed by atoms with Crippen molar-refractivity contribution in [3.8, 4) is 17.0 Å². The van der Waals surface area contributed by atoms with Crippen molar-refractivity contribution in [2.45, 2.75) is 0 Å². The number of ether oxygens (including phenoxy) is 1. The highest BCUT2D eigenvalue weighted by molar-refractivity contribution is 7.12. The summed E-state index contributed by atoms with van der Waals surface area (Å²) < 4.78 is 18.8. The largest absolute Gasteiger partial charge is 0.496 e. The van der Waals surface area contributed by atoms with Gasteiger partial charge >= 0.3 is 0 Å². The van der Waals surface area contributed by atoms with Crippen molar-refractivity contribution in [3.05, 3.63) is 34.4 Å². The maximum atomic E-state index is 13.7. The number of carbonyl (C=O) groups excluding carboxylic acids is 1. The summed E-state index contributed by atoms with van der Waals surface area (Å²) in [6.45, 7) is 0. The highest BCUT2D eigenvalue weighted by atomic mass is 32.1. The zero-order chi connectivity index (χ0) is 12.4. The van der Waals surface area contributed by atoms with Crippen molar-refractivity contribution >= 4 is 17.2 Å². The molecule has 0 aliphatic carbocycles. The third kappa shape index (κ3) is 2.12. The van der Waals surface area contributed by atoms with Gasteiger partial charge in [0, 0.05) is 5.38 Å². The number of nitrogens with two attached hydrogens (primary N) is 1. The lowest BCUT2D eigenvalue weighted by Gasteiger charge is -2.06. The summed E-state index contributed by atoms with van der Waals surface area (Å²) in [7, 11) is 1.44. The van der Waals surface area contributed by atoms with Crippen molar-refractivity contribution in [2.24, 2.45) is 5.73 Å². The van der Waals surface area contributed by atoms with Crippen LogP contribution in [0.2, 0.25) is 0 Å². The number of primary amides is 1. The lowest BCUT2D eigenvalue weighted by molar-refractivity contribution is 0.1000. The molecule has 1 aromatic carbocycles. The minimum Gasteiger partial charge on any atom is -0.496 e. The summed E-state index contributed by atoms with van der Waals surface area (Å²) in [5.41, 5.74) is 5.68. The first-order chi connectivity index (χ1) is 8.13. The molecule has 0 fully saturated rings. The molecule has 1 aromatic heterocycles. The predicted octanol–water partition coefficient (Wildman–Crippen LogP) is 2.06. The van der Waals surface area contributed by atoms with Crippen molar-refractivity contribution in [1.29, 1.82) is 0 Å².